The summed E-state index contributed by atoms with van der Waals surface area (Å²) in [5.74, 6) is -1.15. The number of ether oxygens (including phenoxy) is 1. The molecule has 0 radical (unpaired) electrons. The van der Waals surface area contributed by atoms with Crippen LogP contribution in [0.2, 0.25) is 0 Å². The smallest absolute Gasteiger partial charge is 0.321 e. The number of morpholine rings is 1. The van der Waals surface area contributed by atoms with Crippen molar-refractivity contribution in [2.24, 2.45) is 0 Å². The van der Waals surface area contributed by atoms with E-state index >= 15 is 0 Å². The molecule has 1 atom stereocenters. The largest absolute Gasteiger partial charge is 0.480 e. The summed E-state index contributed by atoms with van der Waals surface area (Å²) in [5.41, 5.74) is 0.988. The Kier molecular flexibility index (Phi) is 5.71. The molecule has 1 aromatic carbocycles. The van der Waals surface area contributed by atoms with Crippen LogP contribution in [0.5, 0.6) is 0 Å². The normalized spacial score (nSPS) is 16.5. The average molecular weight is 292 g/mol. The van der Waals surface area contributed by atoms with Gasteiger partial charge in [-0.1, -0.05) is 30.3 Å². The highest BCUT2D eigenvalue weighted by Crippen LogP contribution is 2.05. The zero-order chi connectivity index (χ0) is 15.1. The van der Waals surface area contributed by atoms with Gasteiger partial charge in [0.15, 0.2) is 0 Å². The molecule has 114 valence electrons. The molecule has 6 nitrogen and oxygen atoms in total. The summed E-state index contributed by atoms with van der Waals surface area (Å²) in [6.45, 7) is 2.52. The molecule has 0 unspecified atom stereocenters. The zero-order valence-corrected chi connectivity index (χ0v) is 11.8. The molecular formula is C15H20N2O4. The number of hydrogen-bond acceptors (Lipinski definition) is 4. The number of amides is 1. The molecule has 0 bridgehead atoms. The van der Waals surface area contributed by atoms with Gasteiger partial charge < -0.3 is 14.7 Å². The van der Waals surface area contributed by atoms with Crippen LogP contribution in [-0.2, 0) is 20.9 Å². The van der Waals surface area contributed by atoms with Gasteiger partial charge in [-0.3, -0.25) is 14.9 Å². The fourth-order valence-electron chi connectivity index (χ4n) is 2.20. The first kappa shape index (κ1) is 15.5. The Bertz CT molecular complexity index is 472. The second kappa shape index (κ2) is 7.75. The van der Waals surface area contributed by atoms with Crippen LogP contribution >= 0.6 is 0 Å². The summed E-state index contributed by atoms with van der Waals surface area (Å²) < 4.78 is 5.18. The predicted molar refractivity (Wildman–Crippen MR) is 76.7 cm³/mol. The van der Waals surface area contributed by atoms with Gasteiger partial charge >= 0.3 is 5.97 Å². The molecule has 1 aliphatic rings. The molecule has 2 N–H and O–H groups in total. The number of carboxylic acid groups (broad SMARTS) is 1. The maximum Gasteiger partial charge on any atom is 0.321 e. The van der Waals surface area contributed by atoms with Gasteiger partial charge in [0.05, 0.1) is 19.6 Å². The van der Waals surface area contributed by atoms with Crippen LogP contribution in [0.1, 0.15) is 12.0 Å². The van der Waals surface area contributed by atoms with Crippen molar-refractivity contribution in [3.63, 3.8) is 0 Å². The van der Waals surface area contributed by atoms with Crippen LogP contribution in [0, 0.1) is 0 Å². The van der Waals surface area contributed by atoms with Gasteiger partial charge in [0.1, 0.15) is 6.04 Å². The monoisotopic (exact) mass is 292 g/mol. The van der Waals surface area contributed by atoms with Gasteiger partial charge in [0.2, 0.25) is 5.91 Å². The van der Waals surface area contributed by atoms with E-state index in [4.69, 9.17) is 4.74 Å². The van der Waals surface area contributed by atoms with Crippen molar-refractivity contribution in [3.05, 3.63) is 35.9 Å². The van der Waals surface area contributed by atoms with Gasteiger partial charge in [0, 0.05) is 19.6 Å². The number of aliphatic carboxylic acids is 1. The van der Waals surface area contributed by atoms with Crippen molar-refractivity contribution in [2.45, 2.75) is 19.0 Å². The molecule has 21 heavy (non-hydrogen) atoms. The molecule has 1 heterocycles. The van der Waals surface area contributed by atoms with Crippen molar-refractivity contribution in [3.8, 4) is 0 Å². The van der Waals surface area contributed by atoms with E-state index in [-0.39, 0.29) is 12.3 Å². The Labute approximate surface area is 123 Å². The van der Waals surface area contributed by atoms with Crippen molar-refractivity contribution in [1.29, 1.82) is 0 Å². The van der Waals surface area contributed by atoms with E-state index in [0.717, 1.165) is 5.56 Å². The summed E-state index contributed by atoms with van der Waals surface area (Å²) in [4.78, 5) is 25.0. The van der Waals surface area contributed by atoms with Crippen molar-refractivity contribution in [1.82, 2.24) is 10.2 Å². The summed E-state index contributed by atoms with van der Waals surface area (Å²) in [5, 5.41) is 12.2. The third-order valence-electron chi connectivity index (χ3n) is 3.44. The van der Waals surface area contributed by atoms with E-state index in [2.05, 4.69) is 5.32 Å². The molecule has 1 amide bonds. The summed E-state index contributed by atoms with van der Waals surface area (Å²) in [6.07, 6.45) is -0.0395. The third kappa shape index (κ3) is 4.84. The van der Waals surface area contributed by atoms with Crippen LogP contribution in [-0.4, -0.2) is 54.2 Å². The number of carboxylic acids is 1. The summed E-state index contributed by atoms with van der Waals surface area (Å²) >= 11 is 0. The van der Waals surface area contributed by atoms with Crippen LogP contribution in [0.3, 0.4) is 0 Å². The maximum atomic E-state index is 12.1. The van der Waals surface area contributed by atoms with Gasteiger partial charge in [-0.15, -0.1) is 0 Å². The van der Waals surface area contributed by atoms with Gasteiger partial charge in [0.25, 0.3) is 0 Å². The first-order valence-electron chi connectivity index (χ1n) is 7.02. The number of hydrogen-bond donors (Lipinski definition) is 2. The highest BCUT2D eigenvalue weighted by Gasteiger charge is 2.25. The Hall–Kier alpha value is -1.92. The van der Waals surface area contributed by atoms with Crippen LogP contribution in [0.15, 0.2) is 30.3 Å². The van der Waals surface area contributed by atoms with E-state index in [1.165, 1.54) is 0 Å². The molecule has 1 fully saturated rings. The lowest BCUT2D eigenvalue weighted by Gasteiger charge is -2.28. The van der Waals surface area contributed by atoms with E-state index in [1.54, 1.807) is 4.90 Å². The van der Waals surface area contributed by atoms with Crippen molar-refractivity contribution < 1.29 is 19.4 Å². The number of carbonyl (C=O) groups is 2. The minimum Gasteiger partial charge on any atom is -0.480 e. The van der Waals surface area contributed by atoms with Crippen LogP contribution < -0.4 is 5.32 Å². The molecule has 0 saturated carbocycles. The van der Waals surface area contributed by atoms with Crippen LogP contribution in [0.4, 0.5) is 0 Å². The van der Waals surface area contributed by atoms with Crippen LogP contribution in [0.25, 0.3) is 0 Å². The third-order valence-corrected chi connectivity index (χ3v) is 3.44. The van der Waals surface area contributed by atoms with Crippen molar-refractivity contribution in [2.75, 3.05) is 26.3 Å². The standard InChI is InChI=1S/C15H20N2O4/c18-14(17-6-8-21-9-7-17)10-13(15(19)20)16-11-12-4-2-1-3-5-12/h1-5,13,16H,6-11H2,(H,19,20)/t13-/m1/s1. The fraction of sp³-hybridized carbons (Fsp3) is 0.467. The number of nitrogens with zero attached hydrogens (tertiary/aromatic N) is 1. The highest BCUT2D eigenvalue weighted by molar-refractivity contribution is 5.84. The number of carbonyl (C=O) groups excluding carboxylic acids is 1. The molecule has 0 aromatic heterocycles. The molecule has 0 spiro atoms. The van der Waals surface area contributed by atoms with E-state index in [9.17, 15) is 14.7 Å². The van der Waals surface area contributed by atoms with E-state index in [1.807, 2.05) is 30.3 Å². The minimum absolute atomic E-state index is 0.0395. The lowest BCUT2D eigenvalue weighted by molar-refractivity contribution is -0.144. The van der Waals surface area contributed by atoms with Gasteiger partial charge in [-0.2, -0.15) is 0 Å². The fourth-order valence-corrected chi connectivity index (χ4v) is 2.20. The van der Waals surface area contributed by atoms with Crippen molar-refractivity contribution >= 4 is 11.9 Å². The topological polar surface area (TPSA) is 78.9 Å². The SMILES string of the molecule is O=C(O)[C@@H](CC(=O)N1CCOCC1)NCc1ccccc1. The lowest BCUT2D eigenvalue weighted by atomic mass is 10.1. The summed E-state index contributed by atoms with van der Waals surface area (Å²) in [6, 6.07) is 8.64. The predicted octanol–water partition coefficient (Wildman–Crippen LogP) is 0.478. The Morgan fingerprint density at radius 2 is 1.90 bits per heavy atom. The molecule has 1 saturated heterocycles. The second-order valence-electron chi connectivity index (χ2n) is 4.95. The zero-order valence-electron chi connectivity index (χ0n) is 11.8. The Morgan fingerprint density at radius 3 is 2.52 bits per heavy atom. The molecule has 0 aliphatic carbocycles. The summed E-state index contributed by atoms with van der Waals surface area (Å²) in [7, 11) is 0. The minimum atomic E-state index is -1.01. The Morgan fingerprint density at radius 1 is 1.24 bits per heavy atom. The first-order chi connectivity index (χ1) is 10.2. The average Bonchev–Trinajstić information content (AvgIpc) is 2.52. The first-order valence-corrected chi connectivity index (χ1v) is 7.02. The molecule has 2 rings (SSSR count). The van der Waals surface area contributed by atoms with E-state index in [0.29, 0.717) is 32.8 Å². The molecule has 6 heteroatoms. The quantitative estimate of drug-likeness (QED) is 0.797. The molecule has 1 aliphatic heterocycles. The maximum absolute atomic E-state index is 12.1. The lowest BCUT2D eigenvalue weighted by Crippen LogP contribution is -2.45. The number of benzene rings is 1. The van der Waals surface area contributed by atoms with Gasteiger partial charge in [-0.05, 0) is 5.56 Å². The second-order valence-corrected chi connectivity index (χ2v) is 4.95. The highest BCUT2D eigenvalue weighted by atomic mass is 16.5. The van der Waals surface area contributed by atoms with Gasteiger partial charge in [-0.25, -0.2) is 0 Å². The Balaban J connectivity index is 1.86. The molecule has 1 aromatic rings. The van der Waals surface area contributed by atoms with E-state index < -0.39 is 12.0 Å². The number of rotatable bonds is 6. The number of nitrogens with one attached hydrogen (secondary N) is 1. The molecular weight excluding hydrogens is 272 g/mol.